The molecule has 1 aromatic heterocycles. The highest BCUT2D eigenvalue weighted by atomic mass is 79.9. The van der Waals surface area contributed by atoms with Gasteiger partial charge in [-0.2, -0.15) is 0 Å². The summed E-state index contributed by atoms with van der Waals surface area (Å²) in [5.41, 5.74) is 2.25. The third kappa shape index (κ3) is 4.02. The summed E-state index contributed by atoms with van der Waals surface area (Å²) in [7, 11) is 0. The molecular formula is C22H27BrN6O3S. The van der Waals surface area contributed by atoms with Crippen molar-refractivity contribution in [3.63, 3.8) is 0 Å². The SMILES string of the molecule is CCNC(=O)NC1(C2CNCCC2(CC)C(=O)O)N=CC=CN1c1cc(Br)c2scnc2c1. The number of benzene rings is 1. The molecule has 0 spiro atoms. The van der Waals surface area contributed by atoms with Gasteiger partial charge in [0.05, 0.1) is 27.1 Å². The smallest absolute Gasteiger partial charge is 0.318 e. The molecular weight excluding hydrogens is 508 g/mol. The first-order valence-electron chi connectivity index (χ1n) is 10.9. The largest absolute Gasteiger partial charge is 0.481 e. The van der Waals surface area contributed by atoms with Gasteiger partial charge in [0.1, 0.15) is 0 Å². The average molecular weight is 535 g/mol. The van der Waals surface area contributed by atoms with Gasteiger partial charge in [-0.1, -0.05) is 6.92 Å². The molecule has 3 heterocycles. The van der Waals surface area contributed by atoms with Crippen LogP contribution in [0, 0.1) is 11.3 Å². The van der Waals surface area contributed by atoms with Crippen LogP contribution in [-0.2, 0) is 4.79 Å². The lowest BCUT2D eigenvalue weighted by molar-refractivity contribution is -0.158. The van der Waals surface area contributed by atoms with E-state index >= 15 is 0 Å². The van der Waals surface area contributed by atoms with Gasteiger partial charge in [-0.15, -0.1) is 11.3 Å². The van der Waals surface area contributed by atoms with Crippen molar-refractivity contribution < 1.29 is 14.7 Å². The van der Waals surface area contributed by atoms with Gasteiger partial charge in [0, 0.05) is 35.7 Å². The first-order chi connectivity index (χ1) is 15.9. The third-order valence-electron chi connectivity index (χ3n) is 6.55. The third-order valence-corrected chi connectivity index (χ3v) is 8.31. The van der Waals surface area contributed by atoms with Gasteiger partial charge in [0.2, 0.25) is 5.79 Å². The molecule has 176 valence electrons. The maximum atomic E-state index is 12.9. The number of allylic oxidation sites excluding steroid dienone is 1. The first-order valence-corrected chi connectivity index (χ1v) is 12.6. The molecule has 3 atom stereocenters. The average Bonchev–Trinajstić information content (AvgIpc) is 3.28. The van der Waals surface area contributed by atoms with Crippen LogP contribution < -0.4 is 20.9 Å². The summed E-state index contributed by atoms with van der Waals surface area (Å²) in [5, 5.41) is 19.6. The van der Waals surface area contributed by atoms with Gasteiger partial charge in [-0.05, 0) is 60.4 Å². The van der Waals surface area contributed by atoms with Crippen molar-refractivity contribution in [3.8, 4) is 0 Å². The molecule has 1 fully saturated rings. The van der Waals surface area contributed by atoms with E-state index in [1.54, 1.807) is 17.8 Å². The number of carbonyl (C=O) groups is 2. The fourth-order valence-electron chi connectivity index (χ4n) is 4.89. The highest BCUT2D eigenvalue weighted by molar-refractivity contribution is 9.10. The standard InChI is InChI=1S/C22H27BrN6O3S/c1-3-21(19(30)31)6-8-24-12-17(21)22(28-20(32)25-4-2)27-7-5-9-29(22)14-10-15(23)18-16(11-14)26-13-33-18/h5,7,9-11,13,17,24H,3-4,6,8,12H2,1-2H3,(H,30,31)(H2,25,28,32). The number of fused-ring (bicyclic) bond motifs is 1. The zero-order chi connectivity index (χ0) is 23.6. The number of carboxylic acid groups (broad SMARTS) is 1. The molecule has 11 heteroatoms. The predicted octanol–water partition coefficient (Wildman–Crippen LogP) is 3.53. The van der Waals surface area contributed by atoms with Crippen LogP contribution in [0.5, 0.6) is 0 Å². The van der Waals surface area contributed by atoms with Gasteiger partial charge in [0.25, 0.3) is 0 Å². The maximum absolute atomic E-state index is 12.9. The van der Waals surface area contributed by atoms with Crippen molar-refractivity contribution in [2.24, 2.45) is 16.3 Å². The molecule has 0 bridgehead atoms. The van der Waals surface area contributed by atoms with E-state index in [1.165, 1.54) is 11.3 Å². The molecule has 0 radical (unpaired) electrons. The van der Waals surface area contributed by atoms with Gasteiger partial charge in [-0.3, -0.25) is 10.1 Å². The molecule has 0 aliphatic carbocycles. The number of carbonyl (C=O) groups excluding carboxylic acids is 1. The fourth-order valence-corrected chi connectivity index (χ4v) is 6.28. The number of hydrogen-bond acceptors (Lipinski definition) is 7. The second-order valence-corrected chi connectivity index (χ2v) is 9.86. The Balaban J connectivity index is 1.91. The molecule has 2 amide bonds. The lowest BCUT2D eigenvalue weighted by atomic mass is 9.65. The summed E-state index contributed by atoms with van der Waals surface area (Å²) in [4.78, 5) is 36.7. The van der Waals surface area contributed by atoms with Gasteiger partial charge in [-0.25, -0.2) is 14.8 Å². The van der Waals surface area contributed by atoms with E-state index in [2.05, 4.69) is 36.9 Å². The molecule has 9 nitrogen and oxygen atoms in total. The number of aliphatic carboxylic acids is 1. The van der Waals surface area contributed by atoms with Crippen molar-refractivity contribution in [2.45, 2.75) is 32.5 Å². The Morgan fingerprint density at radius 1 is 1.39 bits per heavy atom. The van der Waals surface area contributed by atoms with Gasteiger partial charge >= 0.3 is 12.0 Å². The van der Waals surface area contributed by atoms with Crippen molar-refractivity contribution in [1.29, 1.82) is 0 Å². The number of nitrogens with zero attached hydrogens (tertiary/aromatic N) is 3. The molecule has 0 saturated carbocycles. The van der Waals surface area contributed by atoms with E-state index in [4.69, 9.17) is 4.99 Å². The minimum Gasteiger partial charge on any atom is -0.481 e. The van der Waals surface area contributed by atoms with Crippen LogP contribution in [0.3, 0.4) is 0 Å². The molecule has 3 unspecified atom stereocenters. The fraction of sp³-hybridized carbons (Fsp3) is 0.455. The van der Waals surface area contributed by atoms with Crippen molar-refractivity contribution >= 4 is 61.4 Å². The summed E-state index contributed by atoms with van der Waals surface area (Å²) in [6, 6.07) is 3.47. The van der Waals surface area contributed by atoms with Crippen LogP contribution in [0.2, 0.25) is 0 Å². The normalized spacial score (nSPS) is 27.0. The Morgan fingerprint density at radius 3 is 2.94 bits per heavy atom. The summed E-state index contributed by atoms with van der Waals surface area (Å²) in [5.74, 6) is -2.80. The first kappa shape index (κ1) is 23.7. The molecule has 2 aromatic rings. The lowest BCUT2D eigenvalue weighted by Crippen LogP contribution is -2.71. The number of nitrogens with one attached hydrogen (secondary N) is 3. The Morgan fingerprint density at radius 2 is 2.21 bits per heavy atom. The summed E-state index contributed by atoms with van der Waals surface area (Å²) in [6.07, 6.45) is 6.08. The molecule has 4 N–H and O–H groups in total. The topological polar surface area (TPSA) is 119 Å². The number of urea groups is 1. The number of hydrogen-bond donors (Lipinski definition) is 4. The maximum Gasteiger partial charge on any atom is 0.318 e. The van der Waals surface area contributed by atoms with Crippen LogP contribution in [0.1, 0.15) is 26.7 Å². The van der Waals surface area contributed by atoms with Crippen LogP contribution in [0.25, 0.3) is 10.2 Å². The van der Waals surface area contributed by atoms with Gasteiger partial charge in [0.15, 0.2) is 0 Å². The van der Waals surface area contributed by atoms with E-state index < -0.39 is 29.1 Å². The van der Waals surface area contributed by atoms with Crippen LogP contribution >= 0.6 is 27.3 Å². The second kappa shape index (κ2) is 9.40. The quantitative estimate of drug-likeness (QED) is 0.450. The van der Waals surface area contributed by atoms with Crippen LogP contribution in [0.15, 0.2) is 39.4 Å². The van der Waals surface area contributed by atoms with Crippen molar-refractivity contribution in [1.82, 2.24) is 20.9 Å². The Kier molecular flexibility index (Phi) is 6.73. The Bertz CT molecular complexity index is 1120. The zero-order valence-corrected chi connectivity index (χ0v) is 20.9. The number of piperidine rings is 1. The highest BCUT2D eigenvalue weighted by Gasteiger charge is 2.59. The number of thiazole rings is 1. The summed E-state index contributed by atoms with van der Waals surface area (Å²) < 4.78 is 1.88. The summed E-state index contributed by atoms with van der Waals surface area (Å²) >= 11 is 5.17. The molecule has 2 aliphatic heterocycles. The van der Waals surface area contributed by atoms with Gasteiger partial charge < -0.3 is 20.6 Å². The van der Waals surface area contributed by atoms with E-state index in [0.29, 0.717) is 32.5 Å². The zero-order valence-electron chi connectivity index (χ0n) is 18.5. The van der Waals surface area contributed by atoms with Crippen LogP contribution in [-0.4, -0.2) is 53.7 Å². The minimum absolute atomic E-state index is 0.383. The predicted molar refractivity (Wildman–Crippen MR) is 134 cm³/mol. The number of halogens is 1. The number of rotatable bonds is 6. The molecule has 1 aromatic carbocycles. The monoisotopic (exact) mass is 534 g/mol. The van der Waals surface area contributed by atoms with E-state index in [1.807, 2.05) is 37.1 Å². The van der Waals surface area contributed by atoms with E-state index in [9.17, 15) is 14.7 Å². The van der Waals surface area contributed by atoms with E-state index in [-0.39, 0.29) is 0 Å². The number of anilines is 1. The Hall–Kier alpha value is -2.50. The minimum atomic E-state index is -1.36. The number of aromatic nitrogens is 1. The molecule has 33 heavy (non-hydrogen) atoms. The van der Waals surface area contributed by atoms with Crippen molar-refractivity contribution in [2.75, 3.05) is 24.5 Å². The van der Waals surface area contributed by atoms with Crippen molar-refractivity contribution in [3.05, 3.63) is 34.4 Å². The van der Waals surface area contributed by atoms with Crippen LogP contribution in [0.4, 0.5) is 10.5 Å². The summed E-state index contributed by atoms with van der Waals surface area (Å²) in [6.45, 7) is 5.12. The molecule has 2 aliphatic rings. The number of carboxylic acids is 1. The Labute approximate surface area is 204 Å². The molecule has 1 saturated heterocycles. The highest BCUT2D eigenvalue weighted by Crippen LogP contribution is 2.47. The number of amides is 2. The second-order valence-electron chi connectivity index (χ2n) is 8.15. The van der Waals surface area contributed by atoms with E-state index in [0.717, 1.165) is 20.4 Å². The number of aliphatic imine (C=N–C) groups is 1. The lowest BCUT2D eigenvalue weighted by Gasteiger charge is -2.53. The molecule has 4 rings (SSSR count).